The Balaban J connectivity index is 2.31. The lowest BCUT2D eigenvalue weighted by Gasteiger charge is -2.03. The first-order valence-corrected chi connectivity index (χ1v) is 4.76. The lowest BCUT2D eigenvalue weighted by atomic mass is 10.1. The fourth-order valence-corrected chi connectivity index (χ4v) is 1.49. The molecule has 1 rings (SSSR count). The summed E-state index contributed by atoms with van der Waals surface area (Å²) in [5, 5.41) is 3.01. The molecule has 0 aliphatic heterocycles. The standard InChI is InChI=1S/C8H12N2OS/c1-6(8(9)11)2-3-7-10-4-5-12-7/h4-6H,2-3H2,1H3,(H2,9,11)/t6-/m0/s1. The van der Waals surface area contributed by atoms with E-state index in [2.05, 4.69) is 4.98 Å². The molecule has 0 saturated heterocycles. The van der Waals surface area contributed by atoms with E-state index in [-0.39, 0.29) is 11.8 Å². The first kappa shape index (κ1) is 9.19. The van der Waals surface area contributed by atoms with Gasteiger partial charge in [0.25, 0.3) is 0 Å². The van der Waals surface area contributed by atoms with Crippen LogP contribution in [0.1, 0.15) is 18.4 Å². The van der Waals surface area contributed by atoms with Crippen LogP contribution in [-0.4, -0.2) is 10.9 Å². The Morgan fingerprint density at radius 2 is 2.58 bits per heavy atom. The van der Waals surface area contributed by atoms with Crippen LogP contribution in [0.2, 0.25) is 0 Å². The van der Waals surface area contributed by atoms with Gasteiger partial charge in [0.05, 0.1) is 5.01 Å². The molecule has 1 heterocycles. The second-order valence-corrected chi connectivity index (χ2v) is 3.75. The Bertz CT molecular complexity index is 246. The van der Waals surface area contributed by atoms with Crippen molar-refractivity contribution >= 4 is 17.2 Å². The molecule has 12 heavy (non-hydrogen) atoms. The van der Waals surface area contributed by atoms with E-state index in [9.17, 15) is 4.79 Å². The molecule has 0 radical (unpaired) electrons. The molecular weight excluding hydrogens is 172 g/mol. The summed E-state index contributed by atoms with van der Waals surface area (Å²) in [5.41, 5.74) is 5.12. The minimum atomic E-state index is -0.230. The third kappa shape index (κ3) is 2.62. The molecule has 0 aliphatic rings. The van der Waals surface area contributed by atoms with Gasteiger partial charge in [-0.3, -0.25) is 4.79 Å². The first-order chi connectivity index (χ1) is 5.70. The highest BCUT2D eigenvalue weighted by Crippen LogP contribution is 2.11. The second-order valence-electron chi connectivity index (χ2n) is 2.77. The number of thiazole rings is 1. The maximum Gasteiger partial charge on any atom is 0.220 e. The first-order valence-electron chi connectivity index (χ1n) is 3.88. The van der Waals surface area contributed by atoms with Gasteiger partial charge in [-0.1, -0.05) is 6.92 Å². The predicted molar refractivity (Wildman–Crippen MR) is 48.8 cm³/mol. The number of aromatic nitrogens is 1. The molecule has 0 fully saturated rings. The molecule has 0 unspecified atom stereocenters. The van der Waals surface area contributed by atoms with Crippen molar-refractivity contribution in [1.29, 1.82) is 0 Å². The molecule has 0 saturated carbocycles. The van der Waals surface area contributed by atoms with Crippen LogP contribution in [-0.2, 0) is 11.2 Å². The number of nitrogens with two attached hydrogens (primary N) is 1. The van der Waals surface area contributed by atoms with Gasteiger partial charge in [0.1, 0.15) is 0 Å². The third-order valence-electron chi connectivity index (χ3n) is 1.76. The van der Waals surface area contributed by atoms with Crippen LogP contribution < -0.4 is 5.73 Å². The zero-order valence-electron chi connectivity index (χ0n) is 6.99. The second kappa shape index (κ2) is 4.21. The minimum Gasteiger partial charge on any atom is -0.369 e. The zero-order chi connectivity index (χ0) is 8.97. The van der Waals surface area contributed by atoms with Gasteiger partial charge in [-0.05, 0) is 6.42 Å². The predicted octanol–water partition coefficient (Wildman–Crippen LogP) is 1.20. The molecular formula is C8H12N2OS. The topological polar surface area (TPSA) is 56.0 Å². The largest absolute Gasteiger partial charge is 0.369 e. The highest BCUT2D eigenvalue weighted by Gasteiger charge is 2.08. The van der Waals surface area contributed by atoms with Crippen LogP contribution in [0.15, 0.2) is 11.6 Å². The normalized spacial score (nSPS) is 12.8. The van der Waals surface area contributed by atoms with Crippen molar-refractivity contribution in [2.45, 2.75) is 19.8 Å². The van der Waals surface area contributed by atoms with Crippen molar-refractivity contribution < 1.29 is 4.79 Å². The van der Waals surface area contributed by atoms with E-state index in [1.165, 1.54) is 0 Å². The Labute approximate surface area is 75.6 Å². The number of carbonyl (C=O) groups excluding carboxylic acids is 1. The van der Waals surface area contributed by atoms with Crippen LogP contribution in [0.25, 0.3) is 0 Å². The molecule has 3 nitrogen and oxygen atoms in total. The van der Waals surface area contributed by atoms with Gasteiger partial charge < -0.3 is 5.73 Å². The lowest BCUT2D eigenvalue weighted by Crippen LogP contribution is -2.20. The number of aryl methyl sites for hydroxylation is 1. The van der Waals surface area contributed by atoms with E-state index < -0.39 is 0 Å². The fourth-order valence-electron chi connectivity index (χ4n) is 0.859. The van der Waals surface area contributed by atoms with Crippen molar-refractivity contribution in [1.82, 2.24) is 4.98 Å². The van der Waals surface area contributed by atoms with Gasteiger partial charge in [-0.15, -0.1) is 11.3 Å². The van der Waals surface area contributed by atoms with Gasteiger partial charge in [-0.25, -0.2) is 4.98 Å². The number of hydrogen-bond acceptors (Lipinski definition) is 3. The minimum absolute atomic E-state index is 0.0473. The Kier molecular flexibility index (Phi) is 3.22. The summed E-state index contributed by atoms with van der Waals surface area (Å²) in [7, 11) is 0. The van der Waals surface area contributed by atoms with E-state index >= 15 is 0 Å². The average Bonchev–Trinajstić information content (AvgIpc) is 2.51. The van der Waals surface area contributed by atoms with E-state index in [1.807, 2.05) is 12.3 Å². The summed E-state index contributed by atoms with van der Waals surface area (Å²) in [6, 6.07) is 0. The van der Waals surface area contributed by atoms with Crippen molar-refractivity contribution in [3.05, 3.63) is 16.6 Å². The molecule has 66 valence electrons. The Hall–Kier alpha value is -0.900. The summed E-state index contributed by atoms with van der Waals surface area (Å²) >= 11 is 1.61. The van der Waals surface area contributed by atoms with Crippen molar-refractivity contribution in [3.8, 4) is 0 Å². The van der Waals surface area contributed by atoms with Crippen LogP contribution in [0.4, 0.5) is 0 Å². The van der Waals surface area contributed by atoms with Crippen molar-refractivity contribution in [2.24, 2.45) is 11.7 Å². The summed E-state index contributed by atoms with van der Waals surface area (Å²) in [6.45, 7) is 1.84. The maximum atomic E-state index is 10.7. The zero-order valence-corrected chi connectivity index (χ0v) is 7.80. The van der Waals surface area contributed by atoms with Crippen LogP contribution in [0, 0.1) is 5.92 Å². The smallest absolute Gasteiger partial charge is 0.220 e. The molecule has 0 bridgehead atoms. The molecule has 4 heteroatoms. The number of hydrogen-bond donors (Lipinski definition) is 1. The van der Waals surface area contributed by atoms with Crippen molar-refractivity contribution in [2.75, 3.05) is 0 Å². The molecule has 1 aromatic heterocycles. The number of primary amides is 1. The number of amides is 1. The quantitative estimate of drug-likeness (QED) is 0.764. The monoisotopic (exact) mass is 184 g/mol. The van der Waals surface area contributed by atoms with E-state index in [1.54, 1.807) is 17.5 Å². The third-order valence-corrected chi connectivity index (χ3v) is 2.60. The number of rotatable bonds is 4. The highest BCUT2D eigenvalue weighted by molar-refractivity contribution is 7.09. The van der Waals surface area contributed by atoms with Gasteiger partial charge in [-0.2, -0.15) is 0 Å². The number of carbonyl (C=O) groups is 1. The van der Waals surface area contributed by atoms with Crippen LogP contribution in [0.3, 0.4) is 0 Å². The van der Waals surface area contributed by atoms with Gasteiger partial charge in [0.15, 0.2) is 0 Å². The molecule has 1 atom stereocenters. The summed E-state index contributed by atoms with van der Waals surface area (Å²) in [5.74, 6) is -0.277. The van der Waals surface area contributed by atoms with Crippen LogP contribution in [0.5, 0.6) is 0 Å². The van der Waals surface area contributed by atoms with Gasteiger partial charge >= 0.3 is 0 Å². The summed E-state index contributed by atoms with van der Waals surface area (Å²) in [6.07, 6.45) is 3.42. The van der Waals surface area contributed by atoms with Gasteiger partial charge in [0.2, 0.25) is 5.91 Å². The van der Waals surface area contributed by atoms with Crippen LogP contribution >= 0.6 is 11.3 Å². The van der Waals surface area contributed by atoms with Gasteiger partial charge in [0, 0.05) is 23.9 Å². The van der Waals surface area contributed by atoms with E-state index in [0.717, 1.165) is 17.8 Å². The molecule has 0 aromatic carbocycles. The molecule has 2 N–H and O–H groups in total. The van der Waals surface area contributed by atoms with E-state index in [0.29, 0.717) is 0 Å². The van der Waals surface area contributed by atoms with Crippen molar-refractivity contribution in [3.63, 3.8) is 0 Å². The molecule has 1 aromatic rings. The Morgan fingerprint density at radius 3 is 3.08 bits per heavy atom. The SMILES string of the molecule is C[C@@H](CCc1nccs1)C(N)=O. The molecule has 1 amide bonds. The van der Waals surface area contributed by atoms with E-state index in [4.69, 9.17) is 5.73 Å². The summed E-state index contributed by atoms with van der Waals surface area (Å²) in [4.78, 5) is 14.8. The fraction of sp³-hybridized carbons (Fsp3) is 0.500. The number of nitrogens with zero attached hydrogens (tertiary/aromatic N) is 1. The average molecular weight is 184 g/mol. The highest BCUT2D eigenvalue weighted by atomic mass is 32.1. The molecule has 0 aliphatic carbocycles. The molecule has 0 spiro atoms. The lowest BCUT2D eigenvalue weighted by molar-refractivity contribution is -0.121. The Morgan fingerprint density at radius 1 is 1.83 bits per heavy atom. The summed E-state index contributed by atoms with van der Waals surface area (Å²) < 4.78 is 0. The maximum absolute atomic E-state index is 10.7.